The summed E-state index contributed by atoms with van der Waals surface area (Å²) in [4.78, 5) is 13.1. The molecular formula is C15H14O2S. The monoisotopic (exact) mass is 258 g/mol. The maximum absolute atomic E-state index is 11.4. The zero-order valence-electron chi connectivity index (χ0n) is 10.1. The molecule has 2 nitrogen and oxygen atoms in total. The molecule has 0 saturated heterocycles. The fraction of sp³-hybridized carbons (Fsp3) is 0.267. The van der Waals surface area contributed by atoms with Crippen LogP contribution < -0.4 is 0 Å². The van der Waals surface area contributed by atoms with Crippen LogP contribution in [0.2, 0.25) is 0 Å². The predicted octanol–water partition coefficient (Wildman–Crippen LogP) is 4.30. The highest BCUT2D eigenvalue weighted by molar-refractivity contribution is 7.14. The summed E-state index contributed by atoms with van der Waals surface area (Å²) in [5.41, 5.74) is 3.05. The molecule has 92 valence electrons. The van der Waals surface area contributed by atoms with Gasteiger partial charge in [0.1, 0.15) is 4.88 Å². The van der Waals surface area contributed by atoms with Crippen molar-refractivity contribution in [2.75, 3.05) is 0 Å². The van der Waals surface area contributed by atoms with Crippen LogP contribution >= 0.6 is 11.3 Å². The Kier molecular flexibility index (Phi) is 2.71. The lowest BCUT2D eigenvalue weighted by molar-refractivity contribution is 0.0703. The minimum Gasteiger partial charge on any atom is -0.477 e. The van der Waals surface area contributed by atoms with Gasteiger partial charge in [0.25, 0.3) is 0 Å². The van der Waals surface area contributed by atoms with Gasteiger partial charge in [0.15, 0.2) is 0 Å². The van der Waals surface area contributed by atoms with Gasteiger partial charge in [-0.25, -0.2) is 4.79 Å². The van der Waals surface area contributed by atoms with Crippen LogP contribution in [-0.4, -0.2) is 11.1 Å². The maximum Gasteiger partial charge on any atom is 0.346 e. The number of carbonyl (C=O) groups is 1. The van der Waals surface area contributed by atoms with E-state index in [0.29, 0.717) is 10.8 Å². The van der Waals surface area contributed by atoms with Crippen molar-refractivity contribution in [2.45, 2.75) is 25.7 Å². The summed E-state index contributed by atoms with van der Waals surface area (Å²) in [6.07, 6.45) is 2.40. The number of carboxylic acid groups (broad SMARTS) is 1. The van der Waals surface area contributed by atoms with Crippen molar-refractivity contribution < 1.29 is 9.90 Å². The van der Waals surface area contributed by atoms with Crippen LogP contribution in [0.1, 0.15) is 38.9 Å². The van der Waals surface area contributed by atoms with E-state index in [-0.39, 0.29) is 0 Å². The summed E-state index contributed by atoms with van der Waals surface area (Å²) in [5.74, 6) is -0.212. The average molecular weight is 258 g/mol. The lowest BCUT2D eigenvalue weighted by Crippen LogP contribution is -1.95. The smallest absolute Gasteiger partial charge is 0.346 e. The SMILES string of the molecule is Cc1ccccc1-c1cc(C2CC2)sc1C(=O)O. The molecule has 3 rings (SSSR count). The molecule has 2 aromatic rings. The van der Waals surface area contributed by atoms with Gasteiger partial charge in [-0.1, -0.05) is 24.3 Å². The Hall–Kier alpha value is -1.61. The molecule has 1 heterocycles. The summed E-state index contributed by atoms with van der Waals surface area (Å²) < 4.78 is 0. The fourth-order valence-corrected chi connectivity index (χ4v) is 3.39. The van der Waals surface area contributed by atoms with Crippen LogP contribution in [0.5, 0.6) is 0 Å². The number of carboxylic acids is 1. The molecule has 0 unspecified atom stereocenters. The summed E-state index contributed by atoms with van der Waals surface area (Å²) in [7, 11) is 0. The molecule has 0 bridgehead atoms. The summed E-state index contributed by atoms with van der Waals surface area (Å²) >= 11 is 1.44. The molecule has 1 aromatic carbocycles. The van der Waals surface area contributed by atoms with Gasteiger partial charge in [0.2, 0.25) is 0 Å². The highest BCUT2D eigenvalue weighted by atomic mass is 32.1. The number of aryl methyl sites for hydroxylation is 1. The second-order valence-corrected chi connectivity index (χ2v) is 5.87. The zero-order valence-corrected chi connectivity index (χ0v) is 11.0. The fourth-order valence-electron chi connectivity index (χ4n) is 2.21. The Morgan fingerprint density at radius 2 is 2.00 bits per heavy atom. The number of rotatable bonds is 3. The van der Waals surface area contributed by atoms with Crippen molar-refractivity contribution in [3.8, 4) is 11.1 Å². The summed E-state index contributed by atoms with van der Waals surface area (Å²) in [6.45, 7) is 2.02. The molecule has 18 heavy (non-hydrogen) atoms. The maximum atomic E-state index is 11.4. The number of aromatic carboxylic acids is 1. The minimum atomic E-state index is -0.815. The molecule has 0 aliphatic heterocycles. The Labute approximate surface area is 110 Å². The molecule has 0 amide bonds. The number of benzene rings is 1. The summed E-state index contributed by atoms with van der Waals surface area (Å²) in [5, 5.41) is 9.34. The minimum absolute atomic E-state index is 0.478. The second kappa shape index (κ2) is 4.25. The average Bonchev–Trinajstić information content (AvgIpc) is 3.09. The van der Waals surface area contributed by atoms with Gasteiger partial charge in [0.05, 0.1) is 0 Å². The van der Waals surface area contributed by atoms with Crippen molar-refractivity contribution in [3.05, 3.63) is 45.6 Å². The van der Waals surface area contributed by atoms with Crippen LogP contribution in [0.3, 0.4) is 0 Å². The number of hydrogen-bond acceptors (Lipinski definition) is 2. The van der Waals surface area contributed by atoms with E-state index in [4.69, 9.17) is 0 Å². The molecule has 0 spiro atoms. The first-order valence-corrected chi connectivity index (χ1v) is 6.91. The third-order valence-corrected chi connectivity index (χ3v) is 4.65. The highest BCUT2D eigenvalue weighted by Crippen LogP contribution is 2.46. The van der Waals surface area contributed by atoms with Crippen molar-refractivity contribution in [1.82, 2.24) is 0 Å². The first-order valence-electron chi connectivity index (χ1n) is 6.10. The van der Waals surface area contributed by atoms with Crippen LogP contribution in [0.4, 0.5) is 0 Å². The molecule has 1 aromatic heterocycles. The van der Waals surface area contributed by atoms with E-state index >= 15 is 0 Å². The quantitative estimate of drug-likeness (QED) is 0.891. The van der Waals surface area contributed by atoms with Gasteiger partial charge >= 0.3 is 5.97 Å². The Morgan fingerprint density at radius 1 is 1.28 bits per heavy atom. The van der Waals surface area contributed by atoms with E-state index in [1.807, 2.05) is 31.2 Å². The van der Waals surface area contributed by atoms with Gasteiger partial charge < -0.3 is 5.11 Å². The van der Waals surface area contributed by atoms with E-state index in [0.717, 1.165) is 16.7 Å². The predicted molar refractivity (Wildman–Crippen MR) is 73.4 cm³/mol. The van der Waals surface area contributed by atoms with Crippen LogP contribution in [0.25, 0.3) is 11.1 Å². The van der Waals surface area contributed by atoms with Gasteiger partial charge in [-0.3, -0.25) is 0 Å². The van der Waals surface area contributed by atoms with Gasteiger partial charge in [-0.2, -0.15) is 0 Å². The van der Waals surface area contributed by atoms with Crippen molar-refractivity contribution >= 4 is 17.3 Å². The zero-order chi connectivity index (χ0) is 12.7. The largest absolute Gasteiger partial charge is 0.477 e. The van der Waals surface area contributed by atoms with E-state index in [2.05, 4.69) is 6.07 Å². The standard InChI is InChI=1S/C15H14O2S/c1-9-4-2-3-5-11(9)12-8-13(10-6-7-10)18-14(12)15(16)17/h2-5,8,10H,6-7H2,1H3,(H,16,17). The Bertz CT molecular complexity index is 609. The normalized spacial score (nSPS) is 14.7. The second-order valence-electron chi connectivity index (χ2n) is 4.79. The van der Waals surface area contributed by atoms with Crippen LogP contribution in [-0.2, 0) is 0 Å². The molecule has 3 heteroatoms. The molecule has 1 fully saturated rings. The molecule has 1 saturated carbocycles. The van der Waals surface area contributed by atoms with Gasteiger partial charge in [-0.15, -0.1) is 11.3 Å². The van der Waals surface area contributed by atoms with Gasteiger partial charge in [-0.05, 0) is 42.9 Å². The van der Waals surface area contributed by atoms with Crippen LogP contribution in [0, 0.1) is 6.92 Å². The molecule has 1 aliphatic rings. The van der Waals surface area contributed by atoms with E-state index < -0.39 is 5.97 Å². The number of hydrogen-bond donors (Lipinski definition) is 1. The van der Waals surface area contributed by atoms with E-state index in [1.165, 1.54) is 29.1 Å². The third-order valence-electron chi connectivity index (χ3n) is 3.36. The molecule has 1 N–H and O–H groups in total. The van der Waals surface area contributed by atoms with Gasteiger partial charge in [0, 0.05) is 10.4 Å². The van der Waals surface area contributed by atoms with Crippen molar-refractivity contribution in [3.63, 3.8) is 0 Å². The van der Waals surface area contributed by atoms with Crippen molar-refractivity contribution in [1.29, 1.82) is 0 Å². The Morgan fingerprint density at radius 3 is 2.61 bits per heavy atom. The lowest BCUT2D eigenvalue weighted by Gasteiger charge is -2.04. The molecule has 1 aliphatic carbocycles. The van der Waals surface area contributed by atoms with E-state index in [9.17, 15) is 9.90 Å². The first-order chi connectivity index (χ1) is 8.66. The third kappa shape index (κ3) is 1.95. The first kappa shape index (κ1) is 11.5. The molecule has 0 radical (unpaired) electrons. The summed E-state index contributed by atoms with van der Waals surface area (Å²) in [6, 6.07) is 10.0. The Balaban J connectivity index is 2.15. The molecule has 0 atom stereocenters. The van der Waals surface area contributed by atoms with Crippen LogP contribution in [0.15, 0.2) is 30.3 Å². The molecular weight excluding hydrogens is 244 g/mol. The number of thiophene rings is 1. The van der Waals surface area contributed by atoms with Crippen molar-refractivity contribution in [2.24, 2.45) is 0 Å². The van der Waals surface area contributed by atoms with E-state index in [1.54, 1.807) is 0 Å². The highest BCUT2D eigenvalue weighted by Gasteiger charge is 2.28. The lowest BCUT2D eigenvalue weighted by atomic mass is 10.0. The topological polar surface area (TPSA) is 37.3 Å².